The van der Waals surface area contributed by atoms with Crippen molar-refractivity contribution in [3.8, 4) is 17.0 Å². The molecule has 3 aromatic rings. The van der Waals surface area contributed by atoms with E-state index in [4.69, 9.17) is 4.74 Å². The van der Waals surface area contributed by atoms with E-state index < -0.39 is 23.7 Å². The van der Waals surface area contributed by atoms with Gasteiger partial charge in [0.1, 0.15) is 34.9 Å². The van der Waals surface area contributed by atoms with Crippen LogP contribution < -0.4 is 10.1 Å². The number of aromatic nitrogens is 3. The van der Waals surface area contributed by atoms with Crippen molar-refractivity contribution < 1.29 is 22.3 Å². The van der Waals surface area contributed by atoms with Gasteiger partial charge in [-0.15, -0.1) is 0 Å². The number of hydrogen-bond donors (Lipinski definition) is 1. The Bertz CT molecular complexity index is 1220. The Kier molecular flexibility index (Phi) is 7.05. The number of aliphatic imine (C=N–C) groups is 1. The molecule has 0 spiro atoms. The SMILES string of the molecule is C=C(/C=C\C(=NC)C(F)(F)F)C(C)Nc1ncnc2c(OC)cc(-c3ccc(F)cn3)cc12. The largest absolute Gasteiger partial charge is 0.494 e. The molecule has 0 aliphatic rings. The van der Waals surface area contributed by atoms with Crippen LogP contribution in [0.2, 0.25) is 0 Å². The van der Waals surface area contributed by atoms with E-state index in [0.29, 0.717) is 39.3 Å². The first kappa shape index (κ1) is 23.8. The zero-order valence-corrected chi connectivity index (χ0v) is 18.1. The Balaban J connectivity index is 1.95. The summed E-state index contributed by atoms with van der Waals surface area (Å²) in [6.45, 7) is 5.58. The van der Waals surface area contributed by atoms with Gasteiger partial charge >= 0.3 is 6.18 Å². The Morgan fingerprint density at radius 2 is 1.94 bits per heavy atom. The molecule has 10 heteroatoms. The summed E-state index contributed by atoms with van der Waals surface area (Å²) in [6, 6.07) is 5.87. The molecule has 6 nitrogen and oxygen atoms in total. The lowest BCUT2D eigenvalue weighted by molar-refractivity contribution is -0.0577. The van der Waals surface area contributed by atoms with Crippen LogP contribution in [0.25, 0.3) is 22.2 Å². The number of allylic oxidation sites excluding steroid dienone is 1. The van der Waals surface area contributed by atoms with Crippen LogP contribution in [0, 0.1) is 5.82 Å². The van der Waals surface area contributed by atoms with Crippen LogP contribution in [-0.4, -0.2) is 47.0 Å². The molecule has 0 aliphatic heterocycles. The summed E-state index contributed by atoms with van der Waals surface area (Å²) in [5, 5.41) is 3.74. The van der Waals surface area contributed by atoms with Crippen molar-refractivity contribution in [3.63, 3.8) is 0 Å². The number of fused-ring (bicyclic) bond motifs is 1. The number of halogens is 4. The van der Waals surface area contributed by atoms with E-state index >= 15 is 0 Å². The van der Waals surface area contributed by atoms with Crippen LogP contribution >= 0.6 is 0 Å². The van der Waals surface area contributed by atoms with Crippen LogP contribution in [0.1, 0.15) is 6.92 Å². The minimum absolute atomic E-state index is 0.385. The summed E-state index contributed by atoms with van der Waals surface area (Å²) < 4.78 is 57.4. The first-order valence-corrected chi connectivity index (χ1v) is 9.76. The second-order valence-electron chi connectivity index (χ2n) is 7.04. The minimum Gasteiger partial charge on any atom is -0.494 e. The van der Waals surface area contributed by atoms with Gasteiger partial charge in [-0.1, -0.05) is 12.7 Å². The van der Waals surface area contributed by atoms with E-state index in [0.717, 1.165) is 19.3 Å². The minimum atomic E-state index is -4.55. The van der Waals surface area contributed by atoms with E-state index in [-0.39, 0.29) is 0 Å². The summed E-state index contributed by atoms with van der Waals surface area (Å²) in [5.74, 6) is 0.420. The van der Waals surface area contributed by atoms with E-state index in [1.807, 2.05) is 0 Å². The molecule has 1 atom stereocenters. The van der Waals surface area contributed by atoms with Gasteiger partial charge in [0, 0.05) is 24.0 Å². The van der Waals surface area contributed by atoms with Gasteiger partial charge in [-0.25, -0.2) is 14.4 Å². The number of hydrogen-bond acceptors (Lipinski definition) is 6. The molecule has 0 fully saturated rings. The molecule has 0 radical (unpaired) electrons. The van der Waals surface area contributed by atoms with Crippen molar-refractivity contribution in [2.45, 2.75) is 19.1 Å². The van der Waals surface area contributed by atoms with Crippen molar-refractivity contribution in [1.29, 1.82) is 0 Å². The molecule has 0 aliphatic carbocycles. The first-order chi connectivity index (χ1) is 15.6. The second-order valence-corrected chi connectivity index (χ2v) is 7.04. The summed E-state index contributed by atoms with van der Waals surface area (Å²) in [5.41, 5.74) is 1.06. The standard InChI is InChI=1S/C23H21F4N5O/c1-13(5-8-20(28-3)23(25,26)27)14(2)32-22-17-9-15(18-7-6-16(24)11-29-18)10-19(33-4)21(17)30-12-31-22/h5-12,14H,1H2,2-4H3,(H,30,31,32)/b8-5-,28-20?. The van der Waals surface area contributed by atoms with Gasteiger partial charge in [0.25, 0.3) is 0 Å². The van der Waals surface area contributed by atoms with Crippen LogP contribution in [-0.2, 0) is 0 Å². The van der Waals surface area contributed by atoms with Crippen molar-refractivity contribution in [1.82, 2.24) is 15.0 Å². The van der Waals surface area contributed by atoms with Crippen LogP contribution in [0.15, 0.2) is 66.1 Å². The Morgan fingerprint density at radius 3 is 2.55 bits per heavy atom. The molecular formula is C23H21F4N5O. The van der Waals surface area contributed by atoms with Crippen molar-refractivity contribution >= 4 is 22.4 Å². The Morgan fingerprint density at radius 1 is 1.18 bits per heavy atom. The predicted octanol–water partition coefficient (Wildman–Crippen LogP) is 5.39. The van der Waals surface area contributed by atoms with E-state index in [9.17, 15) is 17.6 Å². The quantitative estimate of drug-likeness (QED) is 0.292. The summed E-state index contributed by atoms with van der Waals surface area (Å²) >= 11 is 0. The fraction of sp³-hybridized carbons (Fsp3) is 0.217. The van der Waals surface area contributed by atoms with Gasteiger partial charge in [-0.05, 0) is 42.8 Å². The lowest BCUT2D eigenvalue weighted by atomic mass is 10.1. The van der Waals surface area contributed by atoms with E-state index in [1.165, 1.54) is 31.6 Å². The molecule has 2 heterocycles. The topological polar surface area (TPSA) is 72.3 Å². The first-order valence-electron chi connectivity index (χ1n) is 9.76. The monoisotopic (exact) mass is 459 g/mol. The summed E-state index contributed by atoms with van der Waals surface area (Å²) in [6.07, 6.45) is 0.0390. The predicted molar refractivity (Wildman–Crippen MR) is 120 cm³/mol. The number of nitrogens with one attached hydrogen (secondary N) is 1. The number of alkyl halides is 3. The van der Waals surface area contributed by atoms with Crippen molar-refractivity contribution in [2.24, 2.45) is 4.99 Å². The zero-order valence-electron chi connectivity index (χ0n) is 18.1. The third-order valence-corrected chi connectivity index (χ3v) is 4.84. The van der Waals surface area contributed by atoms with Crippen LogP contribution in [0.3, 0.4) is 0 Å². The average Bonchev–Trinajstić information content (AvgIpc) is 2.78. The summed E-state index contributed by atoms with van der Waals surface area (Å²) in [4.78, 5) is 15.9. The molecule has 1 N–H and O–H groups in total. The maximum absolute atomic E-state index is 13.3. The molecule has 172 valence electrons. The van der Waals surface area contributed by atoms with Gasteiger partial charge in [-0.2, -0.15) is 13.2 Å². The van der Waals surface area contributed by atoms with Gasteiger partial charge in [-0.3, -0.25) is 9.98 Å². The second kappa shape index (κ2) is 9.76. The highest BCUT2D eigenvalue weighted by molar-refractivity contribution is 5.99. The van der Waals surface area contributed by atoms with Crippen molar-refractivity contribution in [2.75, 3.05) is 19.5 Å². The maximum Gasteiger partial charge on any atom is 0.432 e. The number of benzene rings is 1. The van der Waals surface area contributed by atoms with E-state index in [1.54, 1.807) is 19.1 Å². The number of rotatable bonds is 7. The third-order valence-electron chi connectivity index (χ3n) is 4.84. The van der Waals surface area contributed by atoms with Gasteiger partial charge in [0.15, 0.2) is 0 Å². The Hall–Kier alpha value is -3.82. The highest BCUT2D eigenvalue weighted by Crippen LogP contribution is 2.33. The van der Waals surface area contributed by atoms with Gasteiger partial charge < -0.3 is 10.1 Å². The van der Waals surface area contributed by atoms with Crippen molar-refractivity contribution in [3.05, 3.63) is 66.9 Å². The average molecular weight is 459 g/mol. The number of anilines is 1. The van der Waals surface area contributed by atoms with Crippen LogP contribution in [0.5, 0.6) is 5.75 Å². The molecule has 3 rings (SSSR count). The molecule has 0 saturated carbocycles. The number of methoxy groups -OCH3 is 1. The fourth-order valence-corrected chi connectivity index (χ4v) is 3.02. The Labute approximate surface area is 187 Å². The molecule has 1 aromatic carbocycles. The number of pyridine rings is 1. The maximum atomic E-state index is 13.3. The van der Waals surface area contributed by atoms with Gasteiger partial charge in [0.05, 0.1) is 19.0 Å². The molecule has 33 heavy (non-hydrogen) atoms. The highest BCUT2D eigenvalue weighted by atomic mass is 19.4. The molecule has 2 aromatic heterocycles. The number of ether oxygens (including phenoxy) is 1. The fourth-order valence-electron chi connectivity index (χ4n) is 3.02. The van der Waals surface area contributed by atoms with Gasteiger partial charge in [0.2, 0.25) is 0 Å². The molecular weight excluding hydrogens is 438 g/mol. The molecule has 1 unspecified atom stereocenters. The highest BCUT2D eigenvalue weighted by Gasteiger charge is 2.33. The number of nitrogens with zero attached hydrogens (tertiary/aromatic N) is 4. The van der Waals surface area contributed by atoms with E-state index in [2.05, 4.69) is 31.8 Å². The lowest BCUT2D eigenvalue weighted by Crippen LogP contribution is -2.21. The zero-order chi connectivity index (χ0) is 24.2. The normalized spacial score (nSPS) is 13.4. The lowest BCUT2D eigenvalue weighted by Gasteiger charge is -2.17. The van der Waals surface area contributed by atoms with Crippen LogP contribution in [0.4, 0.5) is 23.4 Å². The molecule has 0 saturated heterocycles. The summed E-state index contributed by atoms with van der Waals surface area (Å²) in [7, 11) is 2.57. The molecule has 0 amide bonds. The third kappa shape index (κ3) is 5.51. The molecule has 0 bridgehead atoms. The smallest absolute Gasteiger partial charge is 0.432 e.